The molecule has 0 spiro atoms. The number of hydrogen-bond acceptors (Lipinski definition) is 5. The lowest BCUT2D eigenvalue weighted by Gasteiger charge is -2.03. The molecule has 2 aromatic rings. The molecule has 0 saturated carbocycles. The summed E-state index contributed by atoms with van der Waals surface area (Å²) in [6, 6.07) is 5.56. The number of anilines is 1. The first-order valence-electron chi connectivity index (χ1n) is 4.36. The van der Waals surface area contributed by atoms with Gasteiger partial charge in [-0.3, -0.25) is 4.98 Å². The van der Waals surface area contributed by atoms with Crippen LogP contribution in [-0.2, 0) is 6.54 Å². The van der Waals surface area contributed by atoms with E-state index in [9.17, 15) is 0 Å². The van der Waals surface area contributed by atoms with Crippen molar-refractivity contribution in [1.29, 1.82) is 5.26 Å². The minimum absolute atomic E-state index is 0.421. The topological polar surface area (TPSA) is 61.6 Å². The standard InChI is InChI=1S/C10H8N4S/c11-4-9-3-8(1-2-13-9)14-6-10-5-12-7-15-10/h1-3,5,7H,6H2,(H,13,14). The van der Waals surface area contributed by atoms with Gasteiger partial charge in [0.25, 0.3) is 0 Å². The van der Waals surface area contributed by atoms with E-state index >= 15 is 0 Å². The van der Waals surface area contributed by atoms with Gasteiger partial charge in [-0.25, -0.2) is 4.98 Å². The van der Waals surface area contributed by atoms with Crippen molar-refractivity contribution in [3.8, 4) is 6.07 Å². The Kier molecular flexibility index (Phi) is 2.90. The lowest BCUT2D eigenvalue weighted by Crippen LogP contribution is -1.98. The lowest BCUT2D eigenvalue weighted by atomic mass is 10.3. The summed E-state index contributed by atoms with van der Waals surface area (Å²) in [5.74, 6) is 0. The van der Waals surface area contributed by atoms with Gasteiger partial charge in [0.1, 0.15) is 11.8 Å². The molecule has 4 nitrogen and oxygen atoms in total. The molecule has 0 aliphatic carbocycles. The first-order valence-corrected chi connectivity index (χ1v) is 5.24. The largest absolute Gasteiger partial charge is 0.380 e. The average Bonchev–Trinajstić information content (AvgIpc) is 2.79. The van der Waals surface area contributed by atoms with Gasteiger partial charge in [0.15, 0.2) is 0 Å². The van der Waals surface area contributed by atoms with Crippen LogP contribution >= 0.6 is 11.3 Å². The minimum Gasteiger partial charge on any atom is -0.380 e. The van der Waals surface area contributed by atoms with Crippen LogP contribution in [0.25, 0.3) is 0 Å². The van der Waals surface area contributed by atoms with E-state index in [2.05, 4.69) is 15.3 Å². The molecule has 0 atom stereocenters. The zero-order chi connectivity index (χ0) is 10.5. The fourth-order valence-electron chi connectivity index (χ4n) is 1.12. The number of aromatic nitrogens is 2. The molecule has 0 amide bonds. The van der Waals surface area contributed by atoms with Gasteiger partial charge in [-0.2, -0.15) is 5.26 Å². The van der Waals surface area contributed by atoms with Crippen molar-refractivity contribution in [3.05, 3.63) is 40.6 Å². The Morgan fingerprint density at radius 2 is 2.47 bits per heavy atom. The second kappa shape index (κ2) is 4.53. The van der Waals surface area contributed by atoms with Crippen LogP contribution in [-0.4, -0.2) is 9.97 Å². The third kappa shape index (κ3) is 2.51. The highest BCUT2D eigenvalue weighted by Gasteiger charge is 1.97. The van der Waals surface area contributed by atoms with Gasteiger partial charge < -0.3 is 5.32 Å². The molecule has 2 aromatic heterocycles. The van der Waals surface area contributed by atoms with E-state index in [1.165, 1.54) is 0 Å². The Morgan fingerprint density at radius 1 is 1.53 bits per heavy atom. The maximum Gasteiger partial charge on any atom is 0.142 e. The van der Waals surface area contributed by atoms with Crippen LogP contribution < -0.4 is 5.32 Å². The first-order chi connectivity index (χ1) is 7.38. The minimum atomic E-state index is 0.421. The Balaban J connectivity index is 2.02. The lowest BCUT2D eigenvalue weighted by molar-refractivity contribution is 1.16. The summed E-state index contributed by atoms with van der Waals surface area (Å²) < 4.78 is 0. The molecular formula is C10H8N4S. The number of hydrogen-bond donors (Lipinski definition) is 1. The van der Waals surface area contributed by atoms with E-state index in [1.807, 2.05) is 18.3 Å². The zero-order valence-electron chi connectivity index (χ0n) is 7.84. The average molecular weight is 216 g/mol. The van der Waals surface area contributed by atoms with Gasteiger partial charge in [-0.05, 0) is 12.1 Å². The van der Waals surface area contributed by atoms with Crippen LogP contribution in [0.1, 0.15) is 10.6 Å². The fraction of sp³-hybridized carbons (Fsp3) is 0.100. The Morgan fingerprint density at radius 3 is 3.20 bits per heavy atom. The molecule has 0 fully saturated rings. The third-order valence-corrected chi connectivity index (χ3v) is 2.60. The highest BCUT2D eigenvalue weighted by Crippen LogP contribution is 2.11. The van der Waals surface area contributed by atoms with Gasteiger partial charge in [-0.1, -0.05) is 0 Å². The Bertz CT molecular complexity index is 472. The predicted octanol–water partition coefficient (Wildman–Crippen LogP) is 2.02. The van der Waals surface area contributed by atoms with Gasteiger partial charge in [0.05, 0.1) is 12.1 Å². The smallest absolute Gasteiger partial charge is 0.142 e. The van der Waals surface area contributed by atoms with Crippen LogP contribution in [0.15, 0.2) is 30.0 Å². The maximum atomic E-state index is 8.67. The molecule has 1 N–H and O–H groups in total. The molecule has 0 saturated heterocycles. The molecule has 2 rings (SSSR count). The molecule has 0 aliphatic heterocycles. The Labute approximate surface area is 91.2 Å². The van der Waals surface area contributed by atoms with E-state index in [0.717, 1.165) is 17.1 Å². The summed E-state index contributed by atoms with van der Waals surface area (Å²) in [5, 5.41) is 11.9. The highest BCUT2D eigenvalue weighted by molar-refractivity contribution is 7.09. The second-order valence-corrected chi connectivity index (χ2v) is 3.83. The third-order valence-electron chi connectivity index (χ3n) is 1.82. The SMILES string of the molecule is N#Cc1cc(NCc2cncs2)ccn1. The summed E-state index contributed by atoms with van der Waals surface area (Å²) >= 11 is 1.60. The van der Waals surface area contributed by atoms with Gasteiger partial charge in [0, 0.05) is 23.0 Å². The molecule has 0 aliphatic rings. The summed E-state index contributed by atoms with van der Waals surface area (Å²) in [6.07, 6.45) is 3.44. The van der Waals surface area contributed by atoms with Crippen LogP contribution in [0.4, 0.5) is 5.69 Å². The van der Waals surface area contributed by atoms with E-state index in [0.29, 0.717) is 5.69 Å². The summed E-state index contributed by atoms with van der Waals surface area (Å²) in [5.41, 5.74) is 3.11. The van der Waals surface area contributed by atoms with Gasteiger partial charge in [-0.15, -0.1) is 11.3 Å². The van der Waals surface area contributed by atoms with Crippen molar-refractivity contribution in [2.75, 3.05) is 5.32 Å². The molecule has 74 valence electrons. The highest BCUT2D eigenvalue weighted by atomic mass is 32.1. The number of nitriles is 1. The monoisotopic (exact) mass is 216 g/mol. The molecule has 0 radical (unpaired) electrons. The van der Waals surface area contributed by atoms with Crippen LogP contribution in [0.2, 0.25) is 0 Å². The van der Waals surface area contributed by atoms with Crippen LogP contribution in [0.3, 0.4) is 0 Å². The van der Waals surface area contributed by atoms with Crippen LogP contribution in [0.5, 0.6) is 0 Å². The van der Waals surface area contributed by atoms with Gasteiger partial charge in [0.2, 0.25) is 0 Å². The predicted molar refractivity (Wildman–Crippen MR) is 58.4 cm³/mol. The number of pyridine rings is 1. The normalized spacial score (nSPS) is 9.53. The summed E-state index contributed by atoms with van der Waals surface area (Å²) in [7, 11) is 0. The van der Waals surface area contributed by atoms with Crippen molar-refractivity contribution in [2.45, 2.75) is 6.54 Å². The molecule has 0 bridgehead atoms. The van der Waals surface area contributed by atoms with Crippen molar-refractivity contribution in [3.63, 3.8) is 0 Å². The molecular weight excluding hydrogens is 208 g/mol. The number of nitrogens with one attached hydrogen (secondary N) is 1. The van der Waals surface area contributed by atoms with Gasteiger partial charge >= 0.3 is 0 Å². The zero-order valence-corrected chi connectivity index (χ0v) is 8.66. The Hall–Kier alpha value is -1.93. The van der Waals surface area contributed by atoms with E-state index < -0.39 is 0 Å². The fourth-order valence-corrected chi connectivity index (χ4v) is 1.65. The quantitative estimate of drug-likeness (QED) is 0.852. The van der Waals surface area contributed by atoms with Crippen molar-refractivity contribution >= 4 is 17.0 Å². The molecule has 2 heterocycles. The molecule has 0 aromatic carbocycles. The number of thiazole rings is 1. The van der Waals surface area contributed by atoms with E-state index in [-0.39, 0.29) is 0 Å². The second-order valence-electron chi connectivity index (χ2n) is 2.86. The van der Waals surface area contributed by atoms with E-state index in [1.54, 1.807) is 29.1 Å². The summed E-state index contributed by atoms with van der Waals surface area (Å²) in [4.78, 5) is 9.03. The van der Waals surface area contributed by atoms with Crippen molar-refractivity contribution < 1.29 is 0 Å². The first kappa shape index (κ1) is 9.62. The molecule has 0 unspecified atom stereocenters. The molecule has 15 heavy (non-hydrogen) atoms. The van der Waals surface area contributed by atoms with E-state index in [4.69, 9.17) is 5.26 Å². The van der Waals surface area contributed by atoms with Crippen LogP contribution in [0, 0.1) is 11.3 Å². The van der Waals surface area contributed by atoms with Crippen molar-refractivity contribution in [1.82, 2.24) is 9.97 Å². The number of nitrogens with zero attached hydrogens (tertiary/aromatic N) is 3. The number of rotatable bonds is 3. The maximum absolute atomic E-state index is 8.67. The molecule has 5 heteroatoms. The van der Waals surface area contributed by atoms with Crippen molar-refractivity contribution in [2.24, 2.45) is 0 Å². The summed E-state index contributed by atoms with van der Waals surface area (Å²) in [6.45, 7) is 0.722.